The highest BCUT2D eigenvalue weighted by Gasteiger charge is 2.11. The number of hydrogen-bond acceptors (Lipinski definition) is 2. The second-order valence-electron chi connectivity index (χ2n) is 5.02. The Balaban J connectivity index is 2.62. The van der Waals surface area contributed by atoms with Gasteiger partial charge < -0.3 is 10.4 Å². The fourth-order valence-electron chi connectivity index (χ4n) is 1.80. The standard InChI is InChI=1S/C15H19Cl2NO2/c1-10(2)7-13(9-19)18-15(20)6-4-11-3-5-12(16)8-14(11)17/h3-6,8,10,13,19H,7,9H2,1-2H3,(H,18,20). The summed E-state index contributed by atoms with van der Waals surface area (Å²) >= 11 is 11.8. The predicted molar refractivity (Wildman–Crippen MR) is 84.0 cm³/mol. The van der Waals surface area contributed by atoms with E-state index >= 15 is 0 Å². The molecule has 0 radical (unpaired) electrons. The quantitative estimate of drug-likeness (QED) is 0.789. The highest BCUT2D eigenvalue weighted by atomic mass is 35.5. The van der Waals surface area contributed by atoms with Gasteiger partial charge in [-0.15, -0.1) is 0 Å². The largest absolute Gasteiger partial charge is 0.394 e. The molecule has 0 aliphatic heterocycles. The second kappa shape index (κ2) is 8.30. The van der Waals surface area contributed by atoms with E-state index in [4.69, 9.17) is 23.2 Å². The number of nitrogens with one attached hydrogen (secondary N) is 1. The Hall–Kier alpha value is -1.03. The number of carbonyl (C=O) groups is 1. The van der Waals surface area contributed by atoms with Crippen LogP contribution in [0.5, 0.6) is 0 Å². The molecule has 0 aromatic heterocycles. The lowest BCUT2D eigenvalue weighted by Gasteiger charge is -2.17. The van der Waals surface area contributed by atoms with Gasteiger partial charge in [-0.05, 0) is 36.1 Å². The summed E-state index contributed by atoms with van der Waals surface area (Å²) in [5.41, 5.74) is 0.718. The molecule has 0 heterocycles. The van der Waals surface area contributed by atoms with Crippen LogP contribution in [0.3, 0.4) is 0 Å². The third-order valence-electron chi connectivity index (χ3n) is 2.70. The Morgan fingerprint density at radius 3 is 2.65 bits per heavy atom. The van der Waals surface area contributed by atoms with Gasteiger partial charge in [-0.25, -0.2) is 0 Å². The number of amides is 1. The van der Waals surface area contributed by atoms with Gasteiger partial charge in [0.05, 0.1) is 12.6 Å². The number of aliphatic hydroxyl groups is 1. The molecule has 1 rings (SSSR count). The van der Waals surface area contributed by atoms with E-state index in [9.17, 15) is 9.90 Å². The minimum absolute atomic E-state index is 0.0700. The van der Waals surface area contributed by atoms with E-state index < -0.39 is 0 Å². The average Bonchev–Trinajstić information content (AvgIpc) is 2.36. The Morgan fingerprint density at radius 1 is 1.40 bits per heavy atom. The van der Waals surface area contributed by atoms with Crippen LogP contribution in [0.2, 0.25) is 10.0 Å². The lowest BCUT2D eigenvalue weighted by atomic mass is 10.0. The van der Waals surface area contributed by atoms with Crippen molar-refractivity contribution in [2.24, 2.45) is 5.92 Å². The van der Waals surface area contributed by atoms with E-state index in [1.165, 1.54) is 6.08 Å². The summed E-state index contributed by atoms with van der Waals surface area (Å²) < 4.78 is 0. The molecule has 0 saturated heterocycles. The van der Waals surface area contributed by atoms with Crippen LogP contribution in [0.15, 0.2) is 24.3 Å². The van der Waals surface area contributed by atoms with Crippen LogP contribution in [0.1, 0.15) is 25.8 Å². The average molecular weight is 316 g/mol. The van der Waals surface area contributed by atoms with Gasteiger partial charge in [0.1, 0.15) is 0 Å². The van der Waals surface area contributed by atoms with Gasteiger partial charge in [-0.2, -0.15) is 0 Å². The van der Waals surface area contributed by atoms with Crippen molar-refractivity contribution in [2.75, 3.05) is 6.61 Å². The molecule has 1 atom stereocenters. The smallest absolute Gasteiger partial charge is 0.244 e. The zero-order valence-corrected chi connectivity index (χ0v) is 13.1. The van der Waals surface area contributed by atoms with Crippen molar-refractivity contribution in [3.63, 3.8) is 0 Å². The third-order valence-corrected chi connectivity index (χ3v) is 3.26. The molecule has 1 aromatic rings. The molecule has 3 nitrogen and oxygen atoms in total. The third kappa shape index (κ3) is 5.95. The molecular formula is C15H19Cl2NO2. The molecule has 1 aromatic carbocycles. The van der Waals surface area contributed by atoms with E-state index in [0.29, 0.717) is 16.0 Å². The first-order chi connectivity index (χ1) is 9.42. The summed E-state index contributed by atoms with van der Waals surface area (Å²) in [6.07, 6.45) is 3.76. The number of benzene rings is 1. The fraction of sp³-hybridized carbons (Fsp3) is 0.400. The highest BCUT2D eigenvalue weighted by molar-refractivity contribution is 6.35. The van der Waals surface area contributed by atoms with E-state index in [-0.39, 0.29) is 18.6 Å². The molecule has 0 bridgehead atoms. The molecule has 0 aliphatic carbocycles. The first-order valence-corrected chi connectivity index (χ1v) is 7.22. The molecule has 5 heteroatoms. The summed E-state index contributed by atoms with van der Waals surface area (Å²) in [5.74, 6) is 0.151. The van der Waals surface area contributed by atoms with E-state index in [1.54, 1.807) is 24.3 Å². The lowest BCUT2D eigenvalue weighted by molar-refractivity contribution is -0.117. The number of aliphatic hydroxyl groups excluding tert-OH is 1. The Labute approximate surface area is 129 Å². The summed E-state index contributed by atoms with van der Waals surface area (Å²) in [6, 6.07) is 4.84. The lowest BCUT2D eigenvalue weighted by Crippen LogP contribution is -2.37. The normalized spacial score (nSPS) is 12.9. The van der Waals surface area contributed by atoms with Crippen LogP contribution in [-0.2, 0) is 4.79 Å². The summed E-state index contributed by atoms with van der Waals surface area (Å²) in [6.45, 7) is 4.01. The van der Waals surface area contributed by atoms with Crippen LogP contribution >= 0.6 is 23.2 Å². The van der Waals surface area contributed by atoms with Crippen molar-refractivity contribution in [3.8, 4) is 0 Å². The van der Waals surface area contributed by atoms with E-state index in [2.05, 4.69) is 5.32 Å². The monoisotopic (exact) mass is 315 g/mol. The van der Waals surface area contributed by atoms with Crippen molar-refractivity contribution in [1.82, 2.24) is 5.32 Å². The molecule has 0 spiro atoms. The summed E-state index contributed by atoms with van der Waals surface area (Å²) in [4.78, 5) is 11.8. The molecule has 1 unspecified atom stereocenters. The van der Waals surface area contributed by atoms with Gasteiger partial charge in [0, 0.05) is 16.1 Å². The number of rotatable bonds is 6. The predicted octanol–water partition coefficient (Wildman–Crippen LogP) is 3.53. The number of carbonyl (C=O) groups excluding carboxylic acids is 1. The summed E-state index contributed by atoms with van der Waals surface area (Å²) in [7, 11) is 0. The van der Waals surface area contributed by atoms with Crippen molar-refractivity contribution >= 4 is 35.2 Å². The van der Waals surface area contributed by atoms with Crippen molar-refractivity contribution in [2.45, 2.75) is 26.3 Å². The van der Waals surface area contributed by atoms with Crippen LogP contribution in [0, 0.1) is 5.92 Å². The maximum absolute atomic E-state index is 11.8. The van der Waals surface area contributed by atoms with Gasteiger partial charge in [0.15, 0.2) is 0 Å². The highest BCUT2D eigenvalue weighted by Crippen LogP contribution is 2.21. The topological polar surface area (TPSA) is 49.3 Å². The van der Waals surface area contributed by atoms with Crippen LogP contribution in [0.4, 0.5) is 0 Å². The van der Waals surface area contributed by atoms with Gasteiger partial charge in [-0.3, -0.25) is 4.79 Å². The van der Waals surface area contributed by atoms with Crippen LogP contribution < -0.4 is 5.32 Å². The molecule has 1 amide bonds. The van der Waals surface area contributed by atoms with Crippen molar-refractivity contribution in [3.05, 3.63) is 39.9 Å². The molecule has 110 valence electrons. The first-order valence-electron chi connectivity index (χ1n) is 6.47. The van der Waals surface area contributed by atoms with E-state index in [0.717, 1.165) is 12.0 Å². The minimum Gasteiger partial charge on any atom is -0.394 e. The zero-order chi connectivity index (χ0) is 15.1. The Morgan fingerprint density at radius 2 is 2.10 bits per heavy atom. The molecular weight excluding hydrogens is 297 g/mol. The van der Waals surface area contributed by atoms with Crippen LogP contribution in [-0.4, -0.2) is 23.7 Å². The van der Waals surface area contributed by atoms with Crippen molar-refractivity contribution in [1.29, 1.82) is 0 Å². The van der Waals surface area contributed by atoms with Gasteiger partial charge in [0.2, 0.25) is 5.91 Å². The second-order valence-corrected chi connectivity index (χ2v) is 5.86. The Kier molecular flexibility index (Phi) is 7.06. The van der Waals surface area contributed by atoms with Gasteiger partial charge in [0.25, 0.3) is 0 Å². The fourth-order valence-corrected chi connectivity index (χ4v) is 2.27. The SMILES string of the molecule is CC(C)CC(CO)NC(=O)C=Cc1ccc(Cl)cc1Cl. The van der Waals surface area contributed by atoms with Gasteiger partial charge in [-0.1, -0.05) is 43.1 Å². The van der Waals surface area contributed by atoms with Crippen LogP contribution in [0.25, 0.3) is 6.08 Å². The maximum atomic E-state index is 11.8. The first kappa shape index (κ1) is 17.0. The molecule has 0 saturated carbocycles. The van der Waals surface area contributed by atoms with Gasteiger partial charge >= 0.3 is 0 Å². The summed E-state index contributed by atoms with van der Waals surface area (Å²) in [5, 5.41) is 13.0. The molecule has 20 heavy (non-hydrogen) atoms. The van der Waals surface area contributed by atoms with E-state index in [1.807, 2.05) is 13.8 Å². The minimum atomic E-state index is -0.254. The number of halogens is 2. The van der Waals surface area contributed by atoms with Crippen molar-refractivity contribution < 1.29 is 9.90 Å². The number of hydrogen-bond donors (Lipinski definition) is 2. The molecule has 2 N–H and O–H groups in total. The Bertz CT molecular complexity index is 487. The zero-order valence-electron chi connectivity index (χ0n) is 11.6. The molecule has 0 fully saturated rings. The maximum Gasteiger partial charge on any atom is 0.244 e. The molecule has 0 aliphatic rings.